The van der Waals surface area contributed by atoms with Crippen LogP contribution in [-0.4, -0.2) is 262 Å². The number of carbonyl (C=O) groups is 9. The first-order chi connectivity index (χ1) is 69.4. The van der Waals surface area contributed by atoms with Crippen molar-refractivity contribution in [2.24, 2.45) is 23.2 Å². The molecule has 19 unspecified atom stereocenters. The zero-order valence-corrected chi connectivity index (χ0v) is 81.4. The number of rotatable bonds is 37. The summed E-state index contributed by atoms with van der Waals surface area (Å²) in [5, 5.41) is 56.3. The number of fused-ring (bicyclic) bond motifs is 3. The number of nitrogens with one attached hydrogen (secondary N) is 9. The van der Waals surface area contributed by atoms with Crippen molar-refractivity contribution in [3.8, 4) is 33.8 Å². The van der Waals surface area contributed by atoms with Crippen LogP contribution in [0.3, 0.4) is 0 Å². The van der Waals surface area contributed by atoms with Crippen LogP contribution in [-0.2, 0) is 110 Å². The Balaban J connectivity index is 0.000000163. The van der Waals surface area contributed by atoms with Gasteiger partial charge in [0.15, 0.2) is 24.9 Å². The Morgan fingerprint density at radius 3 is 1.08 bits per heavy atom. The fourth-order valence-corrected chi connectivity index (χ4v) is 18.5. The summed E-state index contributed by atoms with van der Waals surface area (Å²) in [4.78, 5) is 129. The highest BCUT2D eigenvalue weighted by Gasteiger charge is 2.50. The highest BCUT2D eigenvalue weighted by atomic mass is 16.7. The Bertz CT molecular complexity index is 5710. The van der Waals surface area contributed by atoms with E-state index in [1.807, 2.05) is 239 Å². The van der Waals surface area contributed by atoms with E-state index >= 15 is 0 Å². The van der Waals surface area contributed by atoms with Gasteiger partial charge in [0.1, 0.15) is 42.1 Å². The first-order valence-electron chi connectivity index (χ1n) is 48.6. The molecule has 9 amide bonds. The van der Waals surface area contributed by atoms with Gasteiger partial charge in [0, 0.05) is 81.5 Å². The van der Waals surface area contributed by atoms with Crippen LogP contribution in [0.5, 0.6) is 0 Å². The topological polar surface area (TPSA) is 473 Å². The number of benzene rings is 6. The van der Waals surface area contributed by atoms with Gasteiger partial charge in [-0.1, -0.05) is 203 Å². The minimum absolute atomic E-state index is 0.0302. The molecule has 764 valence electrons. The Morgan fingerprint density at radius 1 is 0.431 bits per heavy atom. The van der Waals surface area contributed by atoms with Gasteiger partial charge in [-0.25, -0.2) is 39.0 Å². The second-order valence-corrected chi connectivity index (χ2v) is 38.5. The van der Waals surface area contributed by atoms with Gasteiger partial charge in [0.2, 0.25) is 5.91 Å². The lowest BCUT2D eigenvalue weighted by atomic mass is 9.86. The third kappa shape index (κ3) is 29.4. The molecule has 144 heavy (non-hydrogen) atoms. The number of aromatic nitrogens is 3. The van der Waals surface area contributed by atoms with Crippen LogP contribution in [0.15, 0.2) is 237 Å². The standard InChI is InChI=1S/C37H47N5O7.C35H41N5O8.C34H39N5O8/c1-24(43)39-33(37(2,3)4)34(45)41-42(21-26-13-15-27(16-14-26)29-12-8-9-18-38-29)22-31(44)30(20-25-10-6-5-7-11-25)40-36(46)49-32-23-48-35-28(32)17-19-47-35;1-35(2)30(38-34(44)48-35)31(42)39-40(19-23-11-13-24(14-12-23)26-10-6-7-16-36-26)20-28(41)27(18-22-8-4-3-5-9-22)37-33(43)47-29-21-46-32-25(29)15-17-45-32;1-21-30(37-34(43)46-21)31(41)38-39(18-23-10-12-24(13-11-23)26-9-5-6-15-35-26)19-28(40)27(17-22-7-3-2-4-8-22)36-33(42)47-29-20-45-32-25(29)14-16-44-32/h5-16,18,28,30-33,35,44H,17,19-23H2,1-4H3,(H,39,43)(H,40,46)(H,41,45);3-14,16,25,27-30,32,41H,15,17-21H2,1-2H3,(H,37,43)(H,38,44)(H,39,42);2-13,15,21,25,27-30,32,40H,14,16-20H2,1H3,(H,36,42)(H,37,43)(H,38,41). The second-order valence-electron chi connectivity index (χ2n) is 38.5. The average Bonchev–Trinajstić information content (AvgIpc) is 1.67. The second kappa shape index (κ2) is 49.7. The van der Waals surface area contributed by atoms with Gasteiger partial charge < -0.3 is 99.3 Å². The molecule has 0 saturated carbocycles. The number of aliphatic hydroxyl groups is 3. The minimum atomic E-state index is -1.16. The Morgan fingerprint density at radius 2 is 0.771 bits per heavy atom. The highest BCUT2D eigenvalue weighted by molar-refractivity contribution is 5.90. The fourth-order valence-electron chi connectivity index (χ4n) is 18.5. The van der Waals surface area contributed by atoms with Gasteiger partial charge in [-0.15, -0.1) is 0 Å². The quantitative estimate of drug-likeness (QED) is 0.0127. The number of carbonyl (C=O) groups excluding carboxylic acids is 9. The molecule has 19 atom stereocenters. The third-order valence-corrected chi connectivity index (χ3v) is 26.2. The van der Waals surface area contributed by atoms with Crippen LogP contribution >= 0.6 is 0 Å². The lowest BCUT2D eigenvalue weighted by molar-refractivity contribution is -0.135. The van der Waals surface area contributed by atoms with E-state index in [1.54, 1.807) is 54.4 Å². The molecule has 8 aliphatic rings. The van der Waals surface area contributed by atoms with Crippen molar-refractivity contribution >= 4 is 54.1 Å². The van der Waals surface area contributed by atoms with Crippen molar-refractivity contribution in [3.05, 3.63) is 270 Å². The van der Waals surface area contributed by atoms with E-state index in [-0.39, 0.29) is 102 Å². The van der Waals surface area contributed by atoms with Crippen LogP contribution in [0.1, 0.15) is 101 Å². The molecule has 6 aromatic carbocycles. The average molecular weight is 1980 g/mol. The number of pyridine rings is 3. The van der Waals surface area contributed by atoms with Crippen molar-refractivity contribution in [2.75, 3.05) is 59.3 Å². The minimum Gasteiger partial charge on any atom is -0.444 e. The SMILES string of the molecule is CC(=O)NC(C(=O)NN(Cc1ccc(-c2ccccn2)cc1)CC(O)C(Cc1ccccc1)NC(=O)OC1COC2OCCC12)C(C)(C)C.CC1(C)OC(=O)NC1C(=O)NN(Cc1ccc(-c2ccccn2)cc1)CC(O)C(Cc1ccccc1)NC(=O)OC1COC2OCCC12.CC1OC(=O)NC1C(=O)NN(Cc1ccc(-c2ccccn2)cc1)CC(O)C(Cc1ccccc1)NC(=O)OC1COC2OCCC12. The molecule has 8 saturated heterocycles. The van der Waals surface area contributed by atoms with Crippen LogP contribution in [0.4, 0.5) is 24.0 Å². The summed E-state index contributed by atoms with van der Waals surface area (Å²) in [5.74, 6) is -1.87. The van der Waals surface area contributed by atoms with Crippen molar-refractivity contribution in [3.63, 3.8) is 0 Å². The highest BCUT2D eigenvalue weighted by Crippen LogP contribution is 2.37. The Hall–Kier alpha value is -13.5. The van der Waals surface area contributed by atoms with E-state index in [1.165, 1.54) is 6.92 Å². The molecule has 0 radical (unpaired) electrons. The zero-order valence-electron chi connectivity index (χ0n) is 81.4. The maximum absolute atomic E-state index is 13.7. The van der Waals surface area contributed by atoms with Gasteiger partial charge in [0.25, 0.3) is 17.7 Å². The van der Waals surface area contributed by atoms with E-state index in [0.29, 0.717) is 39.1 Å². The molecule has 12 N–H and O–H groups in total. The van der Waals surface area contributed by atoms with Gasteiger partial charge >= 0.3 is 30.5 Å². The summed E-state index contributed by atoms with van der Waals surface area (Å²) >= 11 is 0. The number of alkyl carbamates (subject to hydrolysis) is 5. The molecule has 17 rings (SSSR count). The van der Waals surface area contributed by atoms with Crippen LogP contribution in [0, 0.1) is 23.2 Å². The predicted octanol–water partition coefficient (Wildman–Crippen LogP) is 9.06. The molecular formula is C106H127N15O23. The van der Waals surface area contributed by atoms with Crippen molar-refractivity contribution < 1.29 is 111 Å². The number of aliphatic hydroxyl groups excluding tert-OH is 3. The number of ether oxygens (including phenoxy) is 11. The van der Waals surface area contributed by atoms with Crippen molar-refractivity contribution in [1.82, 2.24) is 78.2 Å². The van der Waals surface area contributed by atoms with Crippen LogP contribution < -0.4 is 48.2 Å². The maximum Gasteiger partial charge on any atom is 0.408 e. The molecule has 11 heterocycles. The van der Waals surface area contributed by atoms with E-state index in [4.69, 9.17) is 52.1 Å². The van der Waals surface area contributed by atoms with E-state index in [0.717, 1.165) is 86.4 Å². The van der Waals surface area contributed by atoms with Gasteiger partial charge in [-0.05, 0) is 134 Å². The molecule has 9 aromatic rings. The fraction of sp³-hybridized carbons (Fsp3) is 0.434. The summed E-state index contributed by atoms with van der Waals surface area (Å²) in [6.45, 7) is 14.7. The van der Waals surface area contributed by atoms with E-state index in [2.05, 4.69) is 63.1 Å². The Labute approximate surface area is 835 Å². The molecule has 8 fully saturated rings. The Kier molecular flexibility index (Phi) is 36.2. The maximum atomic E-state index is 13.7. The monoisotopic (exact) mass is 1980 g/mol. The molecule has 0 spiro atoms. The van der Waals surface area contributed by atoms with E-state index < -0.39 is 138 Å². The largest absolute Gasteiger partial charge is 0.444 e. The molecule has 0 bridgehead atoms. The first-order valence-corrected chi connectivity index (χ1v) is 48.6. The lowest BCUT2D eigenvalue weighted by Gasteiger charge is -2.34. The molecule has 0 aliphatic carbocycles. The molecule has 38 nitrogen and oxygen atoms in total. The van der Waals surface area contributed by atoms with E-state index in [9.17, 15) is 58.5 Å². The molecule has 8 aliphatic heterocycles. The number of nitrogens with zero attached hydrogens (tertiary/aromatic N) is 6. The summed E-state index contributed by atoms with van der Waals surface area (Å²) in [5.41, 5.74) is 17.5. The molecule has 38 heteroatoms. The number of hydrazine groups is 3. The smallest absolute Gasteiger partial charge is 0.408 e. The van der Waals surface area contributed by atoms with Gasteiger partial charge in [-0.2, -0.15) is 0 Å². The normalized spacial score (nSPS) is 23.0. The summed E-state index contributed by atoms with van der Waals surface area (Å²) < 4.78 is 61.1. The van der Waals surface area contributed by atoms with Crippen molar-refractivity contribution in [1.29, 1.82) is 0 Å². The van der Waals surface area contributed by atoms with Crippen LogP contribution in [0.25, 0.3) is 33.8 Å². The molecule has 3 aromatic heterocycles. The zero-order chi connectivity index (χ0) is 101. The van der Waals surface area contributed by atoms with Gasteiger partial charge in [-0.3, -0.25) is 50.4 Å². The van der Waals surface area contributed by atoms with Gasteiger partial charge in [0.05, 0.1) is 111 Å². The first kappa shape index (κ1) is 105. The lowest BCUT2D eigenvalue weighted by Crippen LogP contribution is -2.59. The predicted molar refractivity (Wildman–Crippen MR) is 524 cm³/mol. The number of cyclic esters (lactones) is 2. The van der Waals surface area contributed by atoms with Crippen molar-refractivity contribution in [2.45, 2.75) is 210 Å². The summed E-state index contributed by atoms with van der Waals surface area (Å²) in [6.07, 6.45) is -1.66. The third-order valence-electron chi connectivity index (χ3n) is 26.2. The number of amides is 9. The number of hydrogen-bond donors (Lipinski definition) is 12. The summed E-state index contributed by atoms with van der Waals surface area (Å²) in [6, 6.07) is 63.7. The van der Waals surface area contributed by atoms with Crippen LogP contribution in [0.2, 0.25) is 0 Å². The summed E-state index contributed by atoms with van der Waals surface area (Å²) in [7, 11) is 0. The number of hydrogen-bond acceptors (Lipinski definition) is 29. The molecular weight excluding hydrogens is 1850 g/mol.